The lowest BCUT2D eigenvalue weighted by molar-refractivity contribution is -0.148. The van der Waals surface area contributed by atoms with Gasteiger partial charge in [-0.3, -0.25) is 9.59 Å². The van der Waals surface area contributed by atoms with Gasteiger partial charge >= 0.3 is 5.97 Å². The molecule has 0 aliphatic carbocycles. The lowest BCUT2D eigenvalue weighted by Crippen LogP contribution is -2.41. The van der Waals surface area contributed by atoms with E-state index in [-0.39, 0.29) is 17.8 Å². The molecular formula is C23H26N4O3S. The molecule has 0 atom stereocenters. The van der Waals surface area contributed by atoms with Gasteiger partial charge in [0.05, 0.1) is 18.4 Å². The fraction of sp³-hybridized carbons (Fsp3) is 0.391. The topological polar surface area (TPSA) is 75.6 Å². The smallest absolute Gasteiger partial charge is 0.308 e. The third-order valence-electron chi connectivity index (χ3n) is 5.77. The molecule has 8 heteroatoms. The number of hydrogen-bond acceptors (Lipinski definition) is 7. The number of piperidine rings is 1. The Morgan fingerprint density at radius 1 is 1.19 bits per heavy atom. The lowest BCUT2D eigenvalue weighted by atomic mass is 9.97. The van der Waals surface area contributed by atoms with Gasteiger partial charge in [0.15, 0.2) is 0 Å². The second-order valence-electron chi connectivity index (χ2n) is 7.74. The van der Waals surface area contributed by atoms with Crippen LogP contribution in [-0.4, -0.2) is 60.5 Å². The van der Waals surface area contributed by atoms with Crippen molar-refractivity contribution in [1.29, 1.82) is 0 Å². The predicted molar refractivity (Wildman–Crippen MR) is 122 cm³/mol. The highest BCUT2D eigenvalue weighted by Crippen LogP contribution is 2.35. The summed E-state index contributed by atoms with van der Waals surface area (Å²) in [4.78, 5) is 39.2. The zero-order valence-electron chi connectivity index (χ0n) is 17.8. The van der Waals surface area contributed by atoms with E-state index in [0.717, 1.165) is 26.5 Å². The van der Waals surface area contributed by atoms with E-state index in [1.807, 2.05) is 35.0 Å². The van der Waals surface area contributed by atoms with Crippen LogP contribution in [0.3, 0.4) is 0 Å². The van der Waals surface area contributed by atoms with Gasteiger partial charge in [0.2, 0.25) is 5.91 Å². The SMILES string of the molecule is COC(=O)C1CCN(C(=O)CCN(C)c2ncnc3sc(-c4ccccc4)cc23)CC1. The summed E-state index contributed by atoms with van der Waals surface area (Å²) in [6.07, 6.45) is 3.31. The number of anilines is 1. The normalized spacial score (nSPS) is 14.6. The van der Waals surface area contributed by atoms with Gasteiger partial charge in [-0.25, -0.2) is 9.97 Å². The first kappa shape index (κ1) is 21.2. The van der Waals surface area contributed by atoms with Gasteiger partial charge < -0.3 is 14.5 Å². The minimum atomic E-state index is -0.176. The van der Waals surface area contributed by atoms with Crippen molar-refractivity contribution in [3.63, 3.8) is 0 Å². The van der Waals surface area contributed by atoms with Gasteiger partial charge in [0, 0.05) is 38.0 Å². The molecule has 4 rings (SSSR count). The minimum absolute atomic E-state index is 0.0940. The number of rotatable bonds is 6. The van der Waals surface area contributed by atoms with E-state index in [4.69, 9.17) is 4.74 Å². The Morgan fingerprint density at radius 2 is 1.94 bits per heavy atom. The highest BCUT2D eigenvalue weighted by atomic mass is 32.1. The number of ether oxygens (including phenoxy) is 1. The van der Waals surface area contributed by atoms with E-state index in [0.29, 0.717) is 38.9 Å². The molecule has 7 nitrogen and oxygen atoms in total. The second-order valence-corrected chi connectivity index (χ2v) is 8.77. The van der Waals surface area contributed by atoms with Crippen LogP contribution in [0.15, 0.2) is 42.7 Å². The van der Waals surface area contributed by atoms with Crippen LogP contribution in [0.1, 0.15) is 19.3 Å². The molecule has 3 aromatic rings. The predicted octanol–water partition coefficient (Wildman–Crippen LogP) is 3.60. The first-order valence-electron chi connectivity index (χ1n) is 10.4. The van der Waals surface area contributed by atoms with Crippen molar-refractivity contribution in [1.82, 2.24) is 14.9 Å². The van der Waals surface area contributed by atoms with Gasteiger partial charge in [-0.15, -0.1) is 11.3 Å². The van der Waals surface area contributed by atoms with Gasteiger partial charge in [0.25, 0.3) is 0 Å². The zero-order valence-corrected chi connectivity index (χ0v) is 18.6. The minimum Gasteiger partial charge on any atom is -0.469 e. The molecule has 1 aromatic carbocycles. The Hall–Kier alpha value is -3.00. The van der Waals surface area contributed by atoms with Crippen LogP contribution in [0.4, 0.5) is 5.82 Å². The molecule has 3 heterocycles. The van der Waals surface area contributed by atoms with Gasteiger partial charge in [-0.1, -0.05) is 30.3 Å². The van der Waals surface area contributed by atoms with Gasteiger partial charge in [-0.2, -0.15) is 0 Å². The first-order chi connectivity index (χ1) is 15.1. The number of fused-ring (bicyclic) bond motifs is 1. The Kier molecular flexibility index (Phi) is 6.46. The number of hydrogen-bond donors (Lipinski definition) is 0. The van der Waals surface area contributed by atoms with E-state index in [9.17, 15) is 9.59 Å². The van der Waals surface area contributed by atoms with E-state index in [2.05, 4.69) is 28.2 Å². The molecule has 1 aliphatic heterocycles. The van der Waals surface area contributed by atoms with Crippen molar-refractivity contribution < 1.29 is 14.3 Å². The van der Waals surface area contributed by atoms with Crippen LogP contribution < -0.4 is 4.90 Å². The number of carbonyl (C=O) groups excluding carboxylic acids is 2. The van der Waals surface area contributed by atoms with E-state index < -0.39 is 0 Å². The van der Waals surface area contributed by atoms with Gasteiger partial charge in [0.1, 0.15) is 17.0 Å². The van der Waals surface area contributed by atoms with E-state index >= 15 is 0 Å². The van der Waals surface area contributed by atoms with Crippen molar-refractivity contribution in [3.05, 3.63) is 42.7 Å². The molecule has 0 N–H and O–H groups in total. The van der Waals surface area contributed by atoms with Crippen molar-refractivity contribution in [3.8, 4) is 10.4 Å². The molecule has 1 amide bonds. The molecule has 1 aliphatic rings. The monoisotopic (exact) mass is 438 g/mol. The Balaban J connectivity index is 1.40. The third-order valence-corrected chi connectivity index (χ3v) is 6.86. The maximum absolute atomic E-state index is 12.7. The number of nitrogens with zero attached hydrogens (tertiary/aromatic N) is 4. The van der Waals surface area contributed by atoms with Crippen LogP contribution in [0, 0.1) is 5.92 Å². The molecule has 0 radical (unpaired) electrons. The highest BCUT2D eigenvalue weighted by molar-refractivity contribution is 7.21. The first-order valence-corrected chi connectivity index (χ1v) is 11.2. The molecule has 31 heavy (non-hydrogen) atoms. The number of carbonyl (C=O) groups is 2. The highest BCUT2D eigenvalue weighted by Gasteiger charge is 2.27. The maximum Gasteiger partial charge on any atom is 0.308 e. The summed E-state index contributed by atoms with van der Waals surface area (Å²) in [5, 5.41) is 1.00. The quantitative estimate of drug-likeness (QED) is 0.548. The van der Waals surface area contributed by atoms with Crippen molar-refractivity contribution in [2.24, 2.45) is 5.92 Å². The summed E-state index contributed by atoms with van der Waals surface area (Å²) in [5.41, 5.74) is 1.16. The third kappa shape index (κ3) is 4.69. The molecule has 0 saturated carbocycles. The molecule has 1 saturated heterocycles. The van der Waals surface area contributed by atoms with Crippen molar-refractivity contribution in [2.75, 3.05) is 38.7 Å². The van der Waals surface area contributed by atoms with Crippen LogP contribution >= 0.6 is 11.3 Å². The summed E-state index contributed by atoms with van der Waals surface area (Å²) < 4.78 is 4.82. The van der Waals surface area contributed by atoms with Crippen LogP contribution in [-0.2, 0) is 14.3 Å². The Bertz CT molecular complexity index is 1060. The number of methoxy groups -OCH3 is 1. The number of benzene rings is 1. The summed E-state index contributed by atoms with van der Waals surface area (Å²) in [6.45, 7) is 1.77. The lowest BCUT2D eigenvalue weighted by Gasteiger charge is -2.31. The van der Waals surface area contributed by atoms with Crippen molar-refractivity contribution >= 4 is 39.2 Å². The average molecular weight is 439 g/mol. The summed E-state index contributed by atoms with van der Waals surface area (Å²) in [5.74, 6) is 0.671. The number of aromatic nitrogens is 2. The molecule has 0 bridgehead atoms. The maximum atomic E-state index is 12.7. The Morgan fingerprint density at radius 3 is 2.65 bits per heavy atom. The molecular weight excluding hydrogens is 412 g/mol. The number of likely N-dealkylation sites (tertiary alicyclic amines) is 1. The van der Waals surface area contributed by atoms with Crippen LogP contribution in [0.2, 0.25) is 0 Å². The molecule has 1 fully saturated rings. The number of esters is 1. The summed E-state index contributed by atoms with van der Waals surface area (Å²) in [7, 11) is 3.37. The summed E-state index contributed by atoms with van der Waals surface area (Å²) >= 11 is 1.64. The number of amides is 1. The largest absolute Gasteiger partial charge is 0.469 e. The summed E-state index contributed by atoms with van der Waals surface area (Å²) in [6, 6.07) is 12.4. The average Bonchev–Trinajstić information content (AvgIpc) is 3.27. The molecule has 0 spiro atoms. The van der Waals surface area contributed by atoms with Crippen molar-refractivity contribution in [2.45, 2.75) is 19.3 Å². The Labute approximate surface area is 185 Å². The fourth-order valence-electron chi connectivity index (χ4n) is 3.95. The molecule has 2 aromatic heterocycles. The van der Waals surface area contributed by atoms with Gasteiger partial charge in [-0.05, 0) is 24.5 Å². The number of thiophene rings is 1. The fourth-order valence-corrected chi connectivity index (χ4v) is 4.95. The van der Waals surface area contributed by atoms with Crippen LogP contribution in [0.25, 0.3) is 20.7 Å². The zero-order chi connectivity index (χ0) is 21.8. The molecule has 162 valence electrons. The van der Waals surface area contributed by atoms with E-state index in [1.54, 1.807) is 17.7 Å². The second kappa shape index (κ2) is 9.43. The van der Waals surface area contributed by atoms with E-state index in [1.165, 1.54) is 7.11 Å². The molecule has 0 unspecified atom stereocenters. The van der Waals surface area contributed by atoms with Crippen LogP contribution in [0.5, 0.6) is 0 Å². The standard InChI is InChI=1S/C23H26N4O3S/c1-26(11-10-20(28)27-12-8-17(9-13-27)23(29)30-2)21-18-14-19(16-6-4-3-5-7-16)31-22(18)25-15-24-21/h3-7,14-15,17H,8-13H2,1-2H3.